The molecule has 14 rings (SSSR count). The highest BCUT2D eigenvalue weighted by atomic mass is 19.1. The van der Waals surface area contributed by atoms with Crippen LogP contribution in [0.1, 0.15) is 56.1 Å². The summed E-state index contributed by atoms with van der Waals surface area (Å²) in [6.07, 6.45) is 23.4. The van der Waals surface area contributed by atoms with Gasteiger partial charge in [-0.3, -0.25) is 14.9 Å². The van der Waals surface area contributed by atoms with E-state index in [-0.39, 0.29) is 39.9 Å². The van der Waals surface area contributed by atoms with Gasteiger partial charge in [-0.1, -0.05) is 36.1 Å². The van der Waals surface area contributed by atoms with E-state index in [1.54, 1.807) is 42.7 Å². The van der Waals surface area contributed by atoms with Crippen LogP contribution in [0.2, 0.25) is 0 Å². The van der Waals surface area contributed by atoms with Crippen molar-refractivity contribution >= 4 is 55.0 Å². The van der Waals surface area contributed by atoms with Crippen LogP contribution < -0.4 is 25.2 Å². The number of alkyl halides is 1. The van der Waals surface area contributed by atoms with E-state index in [4.69, 9.17) is 17.6 Å². The average molecular weight is 1010 g/mol. The van der Waals surface area contributed by atoms with Crippen LogP contribution in [0.5, 0.6) is 17.5 Å². The van der Waals surface area contributed by atoms with Crippen molar-refractivity contribution in [2.24, 2.45) is 0 Å². The van der Waals surface area contributed by atoms with Crippen molar-refractivity contribution in [3.05, 3.63) is 102 Å². The quantitative estimate of drug-likeness (QED) is 0.122. The van der Waals surface area contributed by atoms with E-state index in [1.807, 2.05) is 18.2 Å². The van der Waals surface area contributed by atoms with Crippen LogP contribution in [0.15, 0.2) is 79.4 Å². The van der Waals surface area contributed by atoms with Gasteiger partial charge >= 0.3 is 6.01 Å². The first-order valence-electron chi connectivity index (χ1n) is 25.6. The number of pyridine rings is 2. The van der Waals surface area contributed by atoms with Crippen LogP contribution in [0.3, 0.4) is 0 Å². The highest BCUT2D eigenvalue weighted by molar-refractivity contribution is 6.04. The molecule has 4 bridgehead atoms. The first-order valence-corrected chi connectivity index (χ1v) is 25.6. The van der Waals surface area contributed by atoms with Crippen molar-refractivity contribution < 1.29 is 28.1 Å². The molecule has 6 saturated heterocycles. The van der Waals surface area contributed by atoms with Gasteiger partial charge in [-0.2, -0.15) is 9.97 Å². The van der Waals surface area contributed by atoms with Crippen LogP contribution in [-0.4, -0.2) is 128 Å². The Labute approximate surface area is 431 Å². The first kappa shape index (κ1) is 48.1. The van der Waals surface area contributed by atoms with Gasteiger partial charge in [0.2, 0.25) is 0 Å². The van der Waals surface area contributed by atoms with Gasteiger partial charge < -0.3 is 35.4 Å². The molecule has 0 amide bonds. The summed E-state index contributed by atoms with van der Waals surface area (Å²) in [5.41, 5.74) is 2.53. The molecule has 6 unspecified atom stereocenters. The topological polar surface area (TPSA) is 161 Å². The number of hydrogen-bond acceptors (Lipinski definition) is 14. The number of phenolic OH excluding ortho intramolecular Hbond substituents is 2. The van der Waals surface area contributed by atoms with E-state index >= 15 is 8.78 Å². The molecule has 75 heavy (non-hydrogen) atoms. The van der Waals surface area contributed by atoms with Gasteiger partial charge in [-0.25, -0.2) is 23.1 Å². The largest absolute Gasteiger partial charge is 0.508 e. The van der Waals surface area contributed by atoms with E-state index in [1.165, 1.54) is 38.4 Å². The lowest BCUT2D eigenvalue weighted by Gasteiger charge is -2.34. The molecule has 6 aliphatic rings. The zero-order valence-corrected chi connectivity index (χ0v) is 41.3. The molecule has 6 fully saturated rings. The van der Waals surface area contributed by atoms with Crippen LogP contribution in [0.4, 0.5) is 24.8 Å². The number of nitrogens with one attached hydrogen (secondary N) is 2. The lowest BCUT2D eigenvalue weighted by Crippen LogP contribution is -2.51. The van der Waals surface area contributed by atoms with Gasteiger partial charge in [0.05, 0.1) is 17.9 Å². The number of benzene rings is 4. The van der Waals surface area contributed by atoms with Crippen molar-refractivity contribution in [1.29, 1.82) is 0 Å². The number of halogens is 3. The number of aromatic hydroxyl groups is 2. The van der Waals surface area contributed by atoms with Crippen molar-refractivity contribution in [2.75, 3.05) is 56.2 Å². The summed E-state index contributed by atoms with van der Waals surface area (Å²) in [6, 6.07) is 19.3. The first-order chi connectivity index (χ1) is 36.5. The molecular weight excluding hydrogens is 956 g/mol. The number of terminal acetylenes is 2. The van der Waals surface area contributed by atoms with Crippen LogP contribution in [0.25, 0.3) is 65.9 Å². The number of nitrogens with zero attached hydrogens (tertiary/aromatic N) is 9. The second kappa shape index (κ2) is 19.8. The summed E-state index contributed by atoms with van der Waals surface area (Å²) in [6.45, 7) is 5.06. The van der Waals surface area contributed by atoms with E-state index in [9.17, 15) is 14.6 Å². The molecule has 4 aromatic heterocycles. The third-order valence-electron chi connectivity index (χ3n) is 15.7. The van der Waals surface area contributed by atoms with Crippen LogP contribution >= 0.6 is 0 Å². The molecule has 14 nitrogen and oxygen atoms in total. The monoisotopic (exact) mass is 1010 g/mol. The lowest BCUT2D eigenvalue weighted by atomic mass is 9.96. The second-order valence-electron chi connectivity index (χ2n) is 20.4. The maximum Gasteiger partial charge on any atom is 0.318 e. The number of ether oxygens (including phenoxy) is 1. The van der Waals surface area contributed by atoms with Crippen LogP contribution in [-0.2, 0) is 0 Å². The molecule has 0 aliphatic carbocycles. The summed E-state index contributed by atoms with van der Waals surface area (Å²) in [7, 11) is 1.47. The van der Waals surface area contributed by atoms with Crippen LogP contribution in [0, 0.1) is 36.3 Å². The standard InChI is InChI=1S/C26H22FN5O2.C25H20FN5O.C7H12FN/c1-3-14-5-4-6-15-9-18(33)10-19(21(14)15)23-22(27)24-20(11-28-23)25(31-26(30-24)34-2)32-12-16-7-8-17(13-32)29-16;1-2-14-4-3-5-15-8-18(32)9-19(21(14)15)23-22(26)24-20(10-27-23)25(29-13-28-24)31-11-16-6-7-17(12-31)30-16;8-6-4-7-2-1-3-9(7)5-6/h1,4-6,9-11,16-17,29,33H,7-8,12-13H2,2H3;1,3-5,8-10,13,16-17,30,32H,6-7,11-12H2;6-7H,1-5H2. The van der Waals surface area contributed by atoms with E-state index in [0.29, 0.717) is 97.6 Å². The zero-order valence-electron chi connectivity index (χ0n) is 41.3. The summed E-state index contributed by atoms with van der Waals surface area (Å²) >= 11 is 0. The lowest BCUT2D eigenvalue weighted by molar-refractivity contribution is 0.292. The smallest absolute Gasteiger partial charge is 0.318 e. The predicted octanol–water partition coefficient (Wildman–Crippen LogP) is 8.42. The molecule has 8 aromatic rings. The fraction of sp³-hybridized carbons (Fsp3) is 0.345. The second-order valence-corrected chi connectivity index (χ2v) is 20.4. The number of rotatable bonds is 5. The van der Waals surface area contributed by atoms with Crippen molar-refractivity contribution in [2.45, 2.75) is 81.3 Å². The normalized spacial score (nSPS) is 22.6. The summed E-state index contributed by atoms with van der Waals surface area (Å²) in [5.74, 6) is 5.47. The molecule has 6 atom stereocenters. The molecule has 4 N–H and O–H groups in total. The molecule has 380 valence electrons. The Morgan fingerprint density at radius 3 is 1.72 bits per heavy atom. The Morgan fingerprint density at radius 2 is 1.19 bits per heavy atom. The number of aromatic nitrogens is 6. The number of phenols is 2. The Hall–Kier alpha value is -7.83. The summed E-state index contributed by atoms with van der Waals surface area (Å²) in [5, 5.41) is 31.6. The fourth-order valence-corrected chi connectivity index (χ4v) is 12.4. The number of methoxy groups -OCH3 is 1. The van der Waals surface area contributed by atoms with Gasteiger partial charge in [0.15, 0.2) is 11.6 Å². The summed E-state index contributed by atoms with van der Waals surface area (Å²) < 4.78 is 49.9. The maximum absolute atomic E-state index is 16.1. The number of anilines is 2. The van der Waals surface area contributed by atoms with E-state index in [0.717, 1.165) is 70.2 Å². The molecule has 0 saturated carbocycles. The Morgan fingerprint density at radius 1 is 0.653 bits per heavy atom. The minimum absolute atomic E-state index is 0.00443. The third kappa shape index (κ3) is 8.98. The molecule has 10 heterocycles. The Balaban J connectivity index is 0.000000130. The number of hydrogen-bond donors (Lipinski definition) is 4. The molecular formula is C58H54F3N11O3. The zero-order chi connectivity index (χ0) is 51.5. The van der Waals surface area contributed by atoms with E-state index in [2.05, 4.69) is 67.1 Å². The van der Waals surface area contributed by atoms with Gasteiger partial charge in [0.25, 0.3) is 0 Å². The SMILES string of the molecule is C#Cc1cccc2cc(O)cc(-c3ncc4c(N5CC6CCC(C5)N6)nc(OC)nc4c3F)c12.C#Cc1cccc2cc(O)cc(-c3ncc4c(N5CC6CCC(C5)N6)ncnc4c3F)c12.FC1CC2CCCN2C1. The molecule has 6 aliphatic heterocycles. The summed E-state index contributed by atoms with van der Waals surface area (Å²) in [4.78, 5) is 33.2. The van der Waals surface area contributed by atoms with E-state index < -0.39 is 17.8 Å². The van der Waals surface area contributed by atoms with Gasteiger partial charge in [-0.15, -0.1) is 12.8 Å². The van der Waals surface area contributed by atoms with Crippen molar-refractivity contribution in [1.82, 2.24) is 45.4 Å². The number of fused-ring (bicyclic) bond motifs is 9. The molecule has 4 aromatic carbocycles. The minimum atomic E-state index is -0.615. The molecule has 17 heteroatoms. The Kier molecular flexibility index (Phi) is 12.7. The Bertz CT molecular complexity index is 3610. The average Bonchev–Trinajstić information content (AvgIpc) is 4.20. The van der Waals surface area contributed by atoms with Crippen molar-refractivity contribution in [3.8, 4) is 64.7 Å². The highest BCUT2D eigenvalue weighted by Crippen LogP contribution is 2.41. The number of piperazine rings is 2. The van der Waals surface area contributed by atoms with Gasteiger partial charge in [-0.05, 0) is 98.7 Å². The maximum atomic E-state index is 16.1. The predicted molar refractivity (Wildman–Crippen MR) is 285 cm³/mol. The fourth-order valence-electron chi connectivity index (χ4n) is 12.4. The van der Waals surface area contributed by atoms with Gasteiger partial charge in [0.1, 0.15) is 58.1 Å². The molecule has 0 radical (unpaired) electrons. The minimum Gasteiger partial charge on any atom is -0.508 e. The third-order valence-corrected chi connectivity index (χ3v) is 15.7. The van der Waals surface area contributed by atoms with Crippen molar-refractivity contribution in [3.63, 3.8) is 0 Å². The molecule has 0 spiro atoms. The highest BCUT2D eigenvalue weighted by Gasteiger charge is 2.37. The van der Waals surface area contributed by atoms with Gasteiger partial charge in [0, 0.05) is 108 Å².